The average molecular weight is 405 g/mol. The number of hydrogen-bond donors (Lipinski definition) is 1. The third-order valence-electron chi connectivity index (χ3n) is 6.02. The molecule has 4 atom stereocenters. The number of β-amino-alcohol motifs (C(OH)–C–C–N with tert-alkyl or cyclic N) is 1. The third kappa shape index (κ3) is 4.09. The molecule has 0 spiro atoms. The SMILES string of the molecule is Cc1ccccc1[C@H](OC[C@H](O)CN1C(=O)[C@@H]2CC=CC[C@H]2C1=O)c1ccccc1. The number of aryl methyl sites for hydroxylation is 1. The number of nitrogens with zero attached hydrogens (tertiary/aromatic N) is 1. The number of carbonyl (C=O) groups is 2. The molecule has 2 amide bonds. The molecule has 0 unspecified atom stereocenters. The van der Waals surface area contributed by atoms with Crippen molar-refractivity contribution in [2.24, 2.45) is 11.8 Å². The standard InChI is InChI=1S/C25H27NO4/c1-17-9-5-6-12-20(17)23(18-10-3-2-4-11-18)30-16-19(27)15-26-24(28)21-13-7-8-14-22(21)25(26)29/h2-12,19,21-23,27H,13-16H2,1H3/t19-,21-,22-,23-/m1/s1. The molecular weight excluding hydrogens is 378 g/mol. The maximum Gasteiger partial charge on any atom is 0.233 e. The zero-order valence-corrected chi connectivity index (χ0v) is 17.1. The molecule has 2 aromatic rings. The predicted octanol–water partition coefficient (Wildman–Crippen LogP) is 3.41. The van der Waals surface area contributed by atoms with E-state index < -0.39 is 6.10 Å². The molecule has 1 aliphatic carbocycles. The van der Waals surface area contributed by atoms with Gasteiger partial charge in [0, 0.05) is 0 Å². The molecule has 1 fully saturated rings. The second-order valence-corrected chi connectivity index (χ2v) is 8.08. The van der Waals surface area contributed by atoms with Crippen molar-refractivity contribution < 1.29 is 19.4 Å². The summed E-state index contributed by atoms with van der Waals surface area (Å²) in [6.45, 7) is 2.03. The summed E-state index contributed by atoms with van der Waals surface area (Å²) in [7, 11) is 0. The molecule has 156 valence electrons. The van der Waals surface area contributed by atoms with Crippen LogP contribution in [0.3, 0.4) is 0 Å². The fraction of sp³-hybridized carbons (Fsp3) is 0.360. The predicted molar refractivity (Wildman–Crippen MR) is 113 cm³/mol. The lowest BCUT2D eigenvalue weighted by Gasteiger charge is -2.24. The fourth-order valence-corrected chi connectivity index (χ4v) is 4.39. The lowest BCUT2D eigenvalue weighted by molar-refractivity contribution is -0.142. The molecule has 5 heteroatoms. The van der Waals surface area contributed by atoms with Gasteiger partial charge in [-0.25, -0.2) is 0 Å². The number of amides is 2. The van der Waals surface area contributed by atoms with Crippen molar-refractivity contribution in [3.8, 4) is 0 Å². The van der Waals surface area contributed by atoms with Crippen molar-refractivity contribution in [2.45, 2.75) is 32.0 Å². The average Bonchev–Trinajstić information content (AvgIpc) is 3.01. The van der Waals surface area contributed by atoms with Crippen molar-refractivity contribution in [1.29, 1.82) is 0 Å². The Hall–Kier alpha value is -2.76. The van der Waals surface area contributed by atoms with Crippen molar-refractivity contribution in [1.82, 2.24) is 4.90 Å². The minimum atomic E-state index is -0.943. The molecule has 1 aliphatic heterocycles. The molecule has 30 heavy (non-hydrogen) atoms. The molecule has 2 aromatic carbocycles. The van der Waals surface area contributed by atoms with E-state index in [2.05, 4.69) is 0 Å². The normalized spacial score (nSPS) is 22.8. The lowest BCUT2D eigenvalue weighted by atomic mass is 9.85. The second-order valence-electron chi connectivity index (χ2n) is 8.08. The number of allylic oxidation sites excluding steroid dienone is 2. The van der Waals surface area contributed by atoms with Gasteiger partial charge in [0.05, 0.1) is 31.1 Å². The molecule has 1 saturated heterocycles. The molecule has 5 nitrogen and oxygen atoms in total. The van der Waals surface area contributed by atoms with E-state index in [0.29, 0.717) is 12.8 Å². The minimum Gasteiger partial charge on any atom is -0.389 e. The third-order valence-corrected chi connectivity index (χ3v) is 6.02. The van der Waals surface area contributed by atoms with Gasteiger partial charge >= 0.3 is 0 Å². The smallest absolute Gasteiger partial charge is 0.233 e. The van der Waals surface area contributed by atoms with Crippen LogP contribution in [0.1, 0.15) is 35.6 Å². The zero-order chi connectivity index (χ0) is 21.1. The molecule has 0 saturated carbocycles. The van der Waals surface area contributed by atoms with E-state index in [1.165, 1.54) is 4.90 Å². The van der Waals surface area contributed by atoms with Crippen LogP contribution in [-0.2, 0) is 14.3 Å². The Bertz CT molecular complexity index is 913. The highest BCUT2D eigenvalue weighted by molar-refractivity contribution is 6.05. The Balaban J connectivity index is 1.44. The van der Waals surface area contributed by atoms with Crippen molar-refractivity contribution in [3.05, 3.63) is 83.4 Å². The van der Waals surface area contributed by atoms with Gasteiger partial charge in [-0.05, 0) is 36.5 Å². The number of rotatable bonds is 7. The number of benzene rings is 2. The number of carbonyl (C=O) groups excluding carboxylic acids is 2. The van der Waals surface area contributed by atoms with Gasteiger partial charge in [0.15, 0.2) is 0 Å². The maximum absolute atomic E-state index is 12.6. The first-order valence-corrected chi connectivity index (χ1v) is 10.5. The van der Waals surface area contributed by atoms with E-state index in [1.54, 1.807) is 0 Å². The Morgan fingerprint density at radius 2 is 1.57 bits per heavy atom. The van der Waals surface area contributed by atoms with Gasteiger partial charge in [-0.1, -0.05) is 66.7 Å². The Morgan fingerprint density at radius 3 is 2.20 bits per heavy atom. The molecule has 4 rings (SSSR count). The van der Waals surface area contributed by atoms with E-state index >= 15 is 0 Å². The molecule has 0 aromatic heterocycles. The van der Waals surface area contributed by atoms with Gasteiger partial charge < -0.3 is 9.84 Å². The first-order chi connectivity index (χ1) is 14.6. The molecular formula is C25H27NO4. The Kier molecular flexibility index (Phi) is 6.11. The molecule has 1 N–H and O–H groups in total. The maximum atomic E-state index is 12.6. The second kappa shape index (κ2) is 8.94. The minimum absolute atomic E-state index is 0.0263. The van der Waals surface area contributed by atoms with E-state index in [4.69, 9.17) is 4.74 Å². The first kappa shape index (κ1) is 20.5. The highest BCUT2D eigenvalue weighted by Gasteiger charge is 2.47. The number of hydrogen-bond acceptors (Lipinski definition) is 4. The molecule has 1 heterocycles. The summed E-state index contributed by atoms with van der Waals surface area (Å²) in [5, 5.41) is 10.6. The largest absolute Gasteiger partial charge is 0.389 e. The van der Waals surface area contributed by atoms with Crippen molar-refractivity contribution in [3.63, 3.8) is 0 Å². The summed E-state index contributed by atoms with van der Waals surface area (Å²) in [5.41, 5.74) is 3.12. The first-order valence-electron chi connectivity index (χ1n) is 10.5. The van der Waals surface area contributed by atoms with Gasteiger partial charge in [0.2, 0.25) is 11.8 Å². The Morgan fingerprint density at radius 1 is 0.967 bits per heavy atom. The summed E-state index contributed by atoms with van der Waals surface area (Å²) in [4.78, 5) is 26.5. The van der Waals surface area contributed by atoms with Crippen LogP contribution in [0.25, 0.3) is 0 Å². The van der Waals surface area contributed by atoms with Crippen LogP contribution in [0, 0.1) is 18.8 Å². The Labute approximate surface area is 177 Å². The zero-order valence-electron chi connectivity index (χ0n) is 17.1. The summed E-state index contributed by atoms with van der Waals surface area (Å²) < 4.78 is 6.14. The van der Waals surface area contributed by atoms with Crippen molar-refractivity contribution >= 4 is 11.8 Å². The fourth-order valence-electron chi connectivity index (χ4n) is 4.39. The van der Waals surface area contributed by atoms with Gasteiger partial charge in [-0.3, -0.25) is 14.5 Å². The van der Waals surface area contributed by atoms with Crippen LogP contribution in [0.15, 0.2) is 66.7 Å². The number of aliphatic hydroxyl groups excluding tert-OH is 1. The van der Waals surface area contributed by atoms with E-state index in [9.17, 15) is 14.7 Å². The van der Waals surface area contributed by atoms with Gasteiger partial charge in [0.25, 0.3) is 0 Å². The summed E-state index contributed by atoms with van der Waals surface area (Å²) in [6, 6.07) is 17.8. The molecule has 0 radical (unpaired) electrons. The van der Waals surface area contributed by atoms with Crippen LogP contribution in [0.4, 0.5) is 0 Å². The summed E-state index contributed by atoms with van der Waals surface area (Å²) in [6.07, 6.45) is 3.84. The van der Waals surface area contributed by atoms with Crippen LogP contribution in [0.5, 0.6) is 0 Å². The summed E-state index contributed by atoms with van der Waals surface area (Å²) >= 11 is 0. The van der Waals surface area contributed by atoms with E-state index in [0.717, 1.165) is 16.7 Å². The summed E-state index contributed by atoms with van der Waals surface area (Å²) in [5.74, 6) is -0.905. The molecule has 2 aliphatic rings. The van der Waals surface area contributed by atoms with Crippen LogP contribution >= 0.6 is 0 Å². The number of fused-ring (bicyclic) bond motifs is 1. The number of aliphatic hydroxyl groups is 1. The highest BCUT2D eigenvalue weighted by atomic mass is 16.5. The number of likely N-dealkylation sites (tertiary alicyclic amines) is 1. The van der Waals surface area contributed by atoms with Crippen molar-refractivity contribution in [2.75, 3.05) is 13.2 Å². The van der Waals surface area contributed by atoms with Crippen LogP contribution in [0.2, 0.25) is 0 Å². The quantitative estimate of drug-likeness (QED) is 0.566. The van der Waals surface area contributed by atoms with Gasteiger partial charge in [0.1, 0.15) is 6.10 Å². The van der Waals surface area contributed by atoms with Gasteiger partial charge in [-0.2, -0.15) is 0 Å². The van der Waals surface area contributed by atoms with E-state index in [1.807, 2.05) is 73.7 Å². The number of imide groups is 1. The van der Waals surface area contributed by atoms with Gasteiger partial charge in [-0.15, -0.1) is 0 Å². The molecule has 0 bridgehead atoms. The van der Waals surface area contributed by atoms with E-state index in [-0.39, 0.29) is 42.9 Å². The highest BCUT2D eigenvalue weighted by Crippen LogP contribution is 2.35. The van der Waals surface area contributed by atoms with Crippen LogP contribution in [-0.4, -0.2) is 41.1 Å². The topological polar surface area (TPSA) is 66.8 Å². The number of ether oxygens (including phenoxy) is 1. The lowest BCUT2D eigenvalue weighted by Crippen LogP contribution is -2.39. The van der Waals surface area contributed by atoms with Crippen LogP contribution < -0.4 is 0 Å². The monoisotopic (exact) mass is 405 g/mol.